The van der Waals surface area contributed by atoms with E-state index in [9.17, 15) is 14.7 Å². The van der Waals surface area contributed by atoms with Gasteiger partial charge in [-0.25, -0.2) is 4.79 Å². The van der Waals surface area contributed by atoms with Crippen LogP contribution in [0.3, 0.4) is 0 Å². The van der Waals surface area contributed by atoms with E-state index in [-0.39, 0.29) is 16.9 Å². The van der Waals surface area contributed by atoms with Gasteiger partial charge >= 0.3 is 5.63 Å². The highest BCUT2D eigenvalue weighted by molar-refractivity contribution is 6.67. The molecule has 0 amide bonds. The molecule has 0 saturated carbocycles. The Kier molecular flexibility index (Phi) is 2.21. The van der Waals surface area contributed by atoms with E-state index in [1.165, 1.54) is 12.1 Å². The minimum Gasteiger partial charge on any atom is -0.504 e. The number of halogens is 1. The largest absolute Gasteiger partial charge is 0.504 e. The first-order valence-corrected chi connectivity index (χ1v) is 4.43. The van der Waals surface area contributed by atoms with Crippen LogP contribution in [0.5, 0.6) is 5.75 Å². The molecule has 5 heteroatoms. The molecule has 1 heterocycles. The van der Waals surface area contributed by atoms with Crippen LogP contribution < -0.4 is 5.63 Å². The van der Waals surface area contributed by atoms with Crippen LogP contribution in [-0.2, 0) is 0 Å². The Morgan fingerprint density at radius 3 is 2.80 bits per heavy atom. The zero-order chi connectivity index (χ0) is 11.0. The highest BCUT2D eigenvalue weighted by Gasteiger charge is 2.12. The maximum Gasteiger partial charge on any atom is 0.348 e. The summed E-state index contributed by atoms with van der Waals surface area (Å²) in [6.45, 7) is 0. The fourth-order valence-electron chi connectivity index (χ4n) is 1.27. The number of fused-ring (bicyclic) bond motifs is 1. The van der Waals surface area contributed by atoms with Crippen molar-refractivity contribution in [1.82, 2.24) is 0 Å². The summed E-state index contributed by atoms with van der Waals surface area (Å²) < 4.78 is 4.77. The van der Waals surface area contributed by atoms with Crippen molar-refractivity contribution >= 4 is 27.8 Å². The summed E-state index contributed by atoms with van der Waals surface area (Å²) >= 11 is 5.19. The van der Waals surface area contributed by atoms with Crippen molar-refractivity contribution in [2.75, 3.05) is 0 Å². The SMILES string of the molecule is O=C(Cl)c1cc2cccc(O)c2oc1=O. The molecule has 0 aliphatic carbocycles. The van der Waals surface area contributed by atoms with Crippen LogP contribution in [0.25, 0.3) is 11.0 Å². The topological polar surface area (TPSA) is 67.5 Å². The lowest BCUT2D eigenvalue weighted by atomic mass is 10.2. The molecule has 0 spiro atoms. The van der Waals surface area contributed by atoms with Gasteiger partial charge in [0.05, 0.1) is 0 Å². The molecular formula is C10H5ClO4. The van der Waals surface area contributed by atoms with Crippen molar-refractivity contribution in [3.63, 3.8) is 0 Å². The molecule has 15 heavy (non-hydrogen) atoms. The van der Waals surface area contributed by atoms with Gasteiger partial charge in [-0.15, -0.1) is 0 Å². The molecule has 0 radical (unpaired) electrons. The van der Waals surface area contributed by atoms with Crippen LogP contribution >= 0.6 is 11.6 Å². The van der Waals surface area contributed by atoms with Crippen molar-refractivity contribution in [1.29, 1.82) is 0 Å². The molecule has 0 aliphatic heterocycles. The van der Waals surface area contributed by atoms with Gasteiger partial charge < -0.3 is 9.52 Å². The standard InChI is InChI=1S/C10H5ClO4/c11-9(13)6-4-5-2-1-3-7(12)8(5)15-10(6)14/h1-4,12H. The van der Waals surface area contributed by atoms with Crippen LogP contribution in [-0.4, -0.2) is 10.3 Å². The predicted octanol–water partition coefficient (Wildman–Crippen LogP) is 1.88. The van der Waals surface area contributed by atoms with Crippen molar-refractivity contribution in [3.8, 4) is 5.75 Å². The molecular weight excluding hydrogens is 220 g/mol. The van der Waals surface area contributed by atoms with Crippen LogP contribution in [0, 0.1) is 0 Å². The van der Waals surface area contributed by atoms with Crippen molar-refractivity contribution < 1.29 is 14.3 Å². The number of carbonyl (C=O) groups is 1. The molecule has 2 aromatic rings. The summed E-state index contributed by atoms with van der Waals surface area (Å²) in [6, 6.07) is 5.84. The second kappa shape index (κ2) is 3.40. The van der Waals surface area contributed by atoms with Gasteiger partial charge in [0, 0.05) is 5.39 Å². The molecule has 1 N–H and O–H groups in total. The fourth-order valence-corrected chi connectivity index (χ4v) is 1.40. The first-order chi connectivity index (χ1) is 7.09. The van der Waals surface area contributed by atoms with E-state index in [0.717, 1.165) is 0 Å². The van der Waals surface area contributed by atoms with Gasteiger partial charge in [0.25, 0.3) is 5.24 Å². The summed E-state index contributed by atoms with van der Waals surface area (Å²) in [5, 5.41) is 8.94. The Hall–Kier alpha value is -1.81. The molecule has 2 rings (SSSR count). The van der Waals surface area contributed by atoms with Crippen molar-refractivity contribution in [2.45, 2.75) is 0 Å². The first kappa shape index (κ1) is 9.73. The maximum absolute atomic E-state index is 11.2. The lowest BCUT2D eigenvalue weighted by Crippen LogP contribution is -2.09. The third kappa shape index (κ3) is 1.59. The van der Waals surface area contributed by atoms with E-state index >= 15 is 0 Å². The summed E-state index contributed by atoms with van der Waals surface area (Å²) in [4.78, 5) is 22.1. The molecule has 0 bridgehead atoms. The summed E-state index contributed by atoms with van der Waals surface area (Å²) in [7, 11) is 0. The Labute approximate surface area is 88.7 Å². The molecule has 0 aliphatic rings. The fraction of sp³-hybridized carbons (Fsp3) is 0. The van der Waals surface area contributed by atoms with Crippen LogP contribution in [0.1, 0.15) is 10.4 Å². The van der Waals surface area contributed by atoms with Gasteiger partial charge in [0.2, 0.25) is 0 Å². The number of phenols is 1. The molecule has 1 aromatic carbocycles. The van der Waals surface area contributed by atoms with Gasteiger partial charge in [-0.05, 0) is 23.7 Å². The first-order valence-electron chi connectivity index (χ1n) is 4.05. The van der Waals surface area contributed by atoms with Crippen LogP contribution in [0.2, 0.25) is 0 Å². The Balaban J connectivity index is 2.88. The third-order valence-corrected chi connectivity index (χ3v) is 2.15. The van der Waals surface area contributed by atoms with E-state index in [1.807, 2.05) is 0 Å². The average Bonchev–Trinajstić information content (AvgIpc) is 2.18. The predicted molar refractivity (Wildman–Crippen MR) is 54.3 cm³/mol. The highest BCUT2D eigenvalue weighted by atomic mass is 35.5. The van der Waals surface area contributed by atoms with E-state index in [2.05, 4.69) is 0 Å². The minimum absolute atomic E-state index is 0.0455. The van der Waals surface area contributed by atoms with E-state index in [1.54, 1.807) is 12.1 Å². The van der Waals surface area contributed by atoms with Gasteiger partial charge in [-0.2, -0.15) is 0 Å². The Morgan fingerprint density at radius 2 is 2.13 bits per heavy atom. The van der Waals surface area contributed by atoms with Gasteiger partial charge in [0.1, 0.15) is 5.56 Å². The zero-order valence-electron chi connectivity index (χ0n) is 7.36. The number of benzene rings is 1. The van der Waals surface area contributed by atoms with Crippen molar-refractivity contribution in [3.05, 3.63) is 40.2 Å². The average molecular weight is 225 g/mol. The normalized spacial score (nSPS) is 10.5. The summed E-state index contributed by atoms with van der Waals surface area (Å²) in [5.74, 6) is -0.154. The maximum atomic E-state index is 11.2. The Bertz CT molecular complexity index is 600. The molecule has 76 valence electrons. The number of para-hydroxylation sites is 1. The number of aromatic hydroxyl groups is 1. The van der Waals surface area contributed by atoms with Crippen LogP contribution in [0.15, 0.2) is 33.5 Å². The smallest absolute Gasteiger partial charge is 0.348 e. The number of rotatable bonds is 1. The molecule has 0 saturated heterocycles. The van der Waals surface area contributed by atoms with Gasteiger partial charge in [-0.3, -0.25) is 4.79 Å². The second-order valence-electron chi connectivity index (χ2n) is 2.92. The Morgan fingerprint density at radius 1 is 1.40 bits per heavy atom. The van der Waals surface area contributed by atoms with Gasteiger partial charge in [-0.1, -0.05) is 12.1 Å². The molecule has 4 nitrogen and oxygen atoms in total. The third-order valence-electron chi connectivity index (χ3n) is 1.95. The lowest BCUT2D eigenvalue weighted by Gasteiger charge is -1.99. The monoisotopic (exact) mass is 224 g/mol. The van der Waals surface area contributed by atoms with E-state index < -0.39 is 10.9 Å². The van der Waals surface area contributed by atoms with Crippen LogP contribution in [0.4, 0.5) is 0 Å². The second-order valence-corrected chi connectivity index (χ2v) is 3.26. The molecule has 0 fully saturated rings. The minimum atomic E-state index is -0.881. The van der Waals surface area contributed by atoms with E-state index in [4.69, 9.17) is 16.0 Å². The quantitative estimate of drug-likeness (QED) is 0.593. The van der Waals surface area contributed by atoms with E-state index in [0.29, 0.717) is 5.39 Å². The summed E-state index contributed by atoms with van der Waals surface area (Å²) in [6.07, 6.45) is 0. The van der Waals surface area contributed by atoms with Gasteiger partial charge in [0.15, 0.2) is 11.3 Å². The molecule has 0 atom stereocenters. The number of phenolic OH excluding ortho intramolecular Hbond substituents is 1. The number of hydrogen-bond acceptors (Lipinski definition) is 4. The number of hydrogen-bond donors (Lipinski definition) is 1. The highest BCUT2D eigenvalue weighted by Crippen LogP contribution is 2.23. The zero-order valence-corrected chi connectivity index (χ0v) is 8.12. The lowest BCUT2D eigenvalue weighted by molar-refractivity contribution is 0.107. The molecule has 1 aromatic heterocycles. The summed E-state index contributed by atoms with van der Waals surface area (Å²) in [5.41, 5.74) is -1.05. The number of carbonyl (C=O) groups excluding carboxylic acids is 1. The van der Waals surface area contributed by atoms with Crippen molar-refractivity contribution in [2.24, 2.45) is 0 Å². The molecule has 0 unspecified atom stereocenters.